The van der Waals surface area contributed by atoms with E-state index in [-0.39, 0.29) is 17.9 Å². The molecule has 1 heterocycles. The van der Waals surface area contributed by atoms with Gasteiger partial charge in [-0.3, -0.25) is 9.59 Å². The Bertz CT molecular complexity index is 818. The highest BCUT2D eigenvalue weighted by Gasteiger charge is 2.23. The van der Waals surface area contributed by atoms with Crippen LogP contribution in [0.15, 0.2) is 42.5 Å². The van der Waals surface area contributed by atoms with Crippen molar-refractivity contribution in [3.63, 3.8) is 0 Å². The number of benzene rings is 2. The zero-order valence-electron chi connectivity index (χ0n) is 14.8. The summed E-state index contributed by atoms with van der Waals surface area (Å²) < 4.78 is 5.57. The van der Waals surface area contributed by atoms with Crippen molar-refractivity contribution in [1.29, 1.82) is 0 Å². The number of hydrogen-bond acceptors (Lipinski definition) is 3. The van der Waals surface area contributed by atoms with Crippen molar-refractivity contribution in [1.82, 2.24) is 0 Å². The Balaban J connectivity index is 1.69. The molecule has 1 aliphatic rings. The summed E-state index contributed by atoms with van der Waals surface area (Å²) in [6.45, 7) is 4.57. The fraction of sp³-hybridized carbons (Fsp3) is 0.300. The van der Waals surface area contributed by atoms with Crippen molar-refractivity contribution in [2.24, 2.45) is 0 Å². The maximum absolute atomic E-state index is 12.4. The second kappa shape index (κ2) is 7.79. The Labute approximate surface area is 157 Å². The van der Waals surface area contributed by atoms with Gasteiger partial charge in [0.15, 0.2) is 0 Å². The molecular weight excluding hydrogens is 352 g/mol. The van der Waals surface area contributed by atoms with Crippen molar-refractivity contribution < 1.29 is 14.3 Å². The molecule has 6 heteroatoms. The molecule has 0 atom stereocenters. The average molecular weight is 373 g/mol. The fourth-order valence-corrected chi connectivity index (χ4v) is 3.15. The van der Waals surface area contributed by atoms with Gasteiger partial charge < -0.3 is 15.0 Å². The van der Waals surface area contributed by atoms with Crippen LogP contribution in [0.2, 0.25) is 5.02 Å². The molecule has 2 aromatic rings. The van der Waals surface area contributed by atoms with Crippen molar-refractivity contribution >= 4 is 34.8 Å². The average Bonchev–Trinajstić information content (AvgIpc) is 3.01. The van der Waals surface area contributed by atoms with Crippen LogP contribution in [0.4, 0.5) is 11.4 Å². The van der Waals surface area contributed by atoms with Crippen LogP contribution in [0.1, 0.15) is 37.0 Å². The molecule has 0 saturated carbocycles. The standard InChI is InChI=1S/C20H21ClN2O3/c1-13(2)26-16-8-5-14(6-9-16)20(25)22-15-7-10-18(17(21)12-15)23-11-3-4-19(23)24/h5-10,12-13H,3-4,11H2,1-2H3,(H,22,25). The molecule has 0 unspecified atom stereocenters. The number of rotatable bonds is 5. The van der Waals surface area contributed by atoms with Crippen molar-refractivity contribution in [2.45, 2.75) is 32.8 Å². The predicted octanol–water partition coefficient (Wildman–Crippen LogP) is 4.51. The van der Waals surface area contributed by atoms with E-state index in [1.54, 1.807) is 47.4 Å². The molecular formula is C20H21ClN2O3. The topological polar surface area (TPSA) is 58.6 Å². The molecule has 0 aliphatic carbocycles. The highest BCUT2D eigenvalue weighted by atomic mass is 35.5. The van der Waals surface area contributed by atoms with E-state index in [1.807, 2.05) is 13.8 Å². The summed E-state index contributed by atoms with van der Waals surface area (Å²) in [5, 5.41) is 3.26. The molecule has 26 heavy (non-hydrogen) atoms. The Morgan fingerprint density at radius 3 is 2.50 bits per heavy atom. The van der Waals surface area contributed by atoms with E-state index in [0.29, 0.717) is 34.9 Å². The van der Waals surface area contributed by atoms with Crippen LogP contribution in [-0.2, 0) is 4.79 Å². The lowest BCUT2D eigenvalue weighted by molar-refractivity contribution is -0.117. The predicted molar refractivity (Wildman–Crippen MR) is 103 cm³/mol. The second-order valence-corrected chi connectivity index (χ2v) is 6.87. The molecule has 1 saturated heterocycles. The fourth-order valence-electron chi connectivity index (χ4n) is 2.87. The summed E-state index contributed by atoms with van der Waals surface area (Å²) in [6, 6.07) is 12.1. The highest BCUT2D eigenvalue weighted by Crippen LogP contribution is 2.31. The first-order chi connectivity index (χ1) is 12.4. The maximum Gasteiger partial charge on any atom is 0.255 e. The molecule has 0 spiro atoms. The zero-order chi connectivity index (χ0) is 18.7. The largest absolute Gasteiger partial charge is 0.491 e. The number of nitrogens with zero attached hydrogens (tertiary/aromatic N) is 1. The summed E-state index contributed by atoms with van der Waals surface area (Å²) in [7, 11) is 0. The number of anilines is 2. The molecule has 3 rings (SSSR count). The highest BCUT2D eigenvalue weighted by molar-refractivity contribution is 6.34. The molecule has 1 aliphatic heterocycles. The second-order valence-electron chi connectivity index (χ2n) is 6.46. The molecule has 0 bridgehead atoms. The monoisotopic (exact) mass is 372 g/mol. The van der Waals surface area contributed by atoms with Gasteiger partial charge in [-0.2, -0.15) is 0 Å². The van der Waals surface area contributed by atoms with Gasteiger partial charge in [0, 0.05) is 24.2 Å². The number of amides is 2. The van der Waals surface area contributed by atoms with Gasteiger partial charge in [0.2, 0.25) is 5.91 Å². The minimum Gasteiger partial charge on any atom is -0.491 e. The van der Waals surface area contributed by atoms with E-state index >= 15 is 0 Å². The van der Waals surface area contributed by atoms with E-state index in [4.69, 9.17) is 16.3 Å². The molecule has 0 aromatic heterocycles. The van der Waals surface area contributed by atoms with Gasteiger partial charge in [-0.25, -0.2) is 0 Å². The summed E-state index contributed by atoms with van der Waals surface area (Å²) in [6.07, 6.45) is 1.47. The summed E-state index contributed by atoms with van der Waals surface area (Å²) in [4.78, 5) is 25.9. The smallest absolute Gasteiger partial charge is 0.255 e. The van der Waals surface area contributed by atoms with E-state index < -0.39 is 0 Å². The van der Waals surface area contributed by atoms with Gasteiger partial charge >= 0.3 is 0 Å². The Kier molecular flexibility index (Phi) is 5.47. The van der Waals surface area contributed by atoms with Crippen molar-refractivity contribution in [3.8, 4) is 5.75 Å². The lowest BCUT2D eigenvalue weighted by Gasteiger charge is -2.18. The molecule has 2 amide bonds. The van der Waals surface area contributed by atoms with Crippen LogP contribution in [0.3, 0.4) is 0 Å². The van der Waals surface area contributed by atoms with Crippen molar-refractivity contribution in [3.05, 3.63) is 53.1 Å². The first-order valence-corrected chi connectivity index (χ1v) is 9.00. The quantitative estimate of drug-likeness (QED) is 0.840. The SMILES string of the molecule is CC(C)Oc1ccc(C(=O)Nc2ccc(N3CCCC3=O)c(Cl)c2)cc1. The van der Waals surface area contributed by atoms with Crippen LogP contribution in [0.25, 0.3) is 0 Å². The number of hydrogen-bond donors (Lipinski definition) is 1. The molecule has 1 N–H and O–H groups in total. The van der Waals surface area contributed by atoms with Crippen LogP contribution in [0, 0.1) is 0 Å². The van der Waals surface area contributed by atoms with Crippen molar-refractivity contribution in [2.75, 3.05) is 16.8 Å². The van der Waals surface area contributed by atoms with Crippen LogP contribution in [0.5, 0.6) is 5.75 Å². The van der Waals surface area contributed by atoms with Gasteiger partial charge in [-0.15, -0.1) is 0 Å². The number of nitrogens with one attached hydrogen (secondary N) is 1. The molecule has 0 radical (unpaired) electrons. The van der Waals surface area contributed by atoms with Gasteiger partial charge in [0.1, 0.15) is 5.75 Å². The normalized spacial score (nSPS) is 14.0. The maximum atomic E-state index is 12.4. The Hall–Kier alpha value is -2.53. The van der Waals surface area contributed by atoms with Gasteiger partial charge in [-0.1, -0.05) is 11.6 Å². The summed E-state index contributed by atoms with van der Waals surface area (Å²) in [5.41, 5.74) is 1.79. The number of halogens is 1. The third kappa shape index (κ3) is 4.17. The van der Waals surface area contributed by atoms with E-state index in [1.165, 1.54) is 0 Å². The zero-order valence-corrected chi connectivity index (χ0v) is 15.5. The van der Waals surface area contributed by atoms with E-state index in [2.05, 4.69) is 5.32 Å². The summed E-state index contributed by atoms with van der Waals surface area (Å²) >= 11 is 6.31. The first kappa shape index (κ1) is 18.3. The third-order valence-corrected chi connectivity index (χ3v) is 4.36. The first-order valence-electron chi connectivity index (χ1n) is 8.62. The Morgan fingerprint density at radius 1 is 1.19 bits per heavy atom. The summed E-state index contributed by atoms with van der Waals surface area (Å²) in [5.74, 6) is 0.564. The van der Waals surface area contributed by atoms with E-state index in [0.717, 1.165) is 12.2 Å². The van der Waals surface area contributed by atoms with E-state index in [9.17, 15) is 9.59 Å². The van der Waals surface area contributed by atoms with Crippen LogP contribution < -0.4 is 15.0 Å². The number of carbonyl (C=O) groups excluding carboxylic acids is 2. The molecule has 5 nitrogen and oxygen atoms in total. The minimum absolute atomic E-state index is 0.0763. The third-order valence-electron chi connectivity index (χ3n) is 4.06. The van der Waals surface area contributed by atoms with Gasteiger partial charge in [0.05, 0.1) is 16.8 Å². The number of ether oxygens (including phenoxy) is 1. The lowest BCUT2D eigenvalue weighted by atomic mass is 10.2. The molecule has 136 valence electrons. The lowest BCUT2D eigenvalue weighted by Crippen LogP contribution is -2.24. The van der Waals surface area contributed by atoms with Crippen LogP contribution in [-0.4, -0.2) is 24.5 Å². The molecule has 2 aromatic carbocycles. The van der Waals surface area contributed by atoms with Crippen LogP contribution >= 0.6 is 11.6 Å². The minimum atomic E-state index is -0.234. The Morgan fingerprint density at radius 2 is 1.92 bits per heavy atom. The van der Waals surface area contributed by atoms with Gasteiger partial charge in [0.25, 0.3) is 5.91 Å². The number of carbonyl (C=O) groups is 2. The van der Waals surface area contributed by atoms with Gasteiger partial charge in [-0.05, 0) is 62.7 Å². The molecule has 1 fully saturated rings.